The highest BCUT2D eigenvalue weighted by molar-refractivity contribution is 5.73. The van der Waals surface area contributed by atoms with E-state index in [1.54, 1.807) is 30.5 Å². The Morgan fingerprint density at radius 3 is 2.77 bits per heavy atom. The van der Waals surface area contributed by atoms with Crippen LogP contribution in [0.15, 0.2) is 42.6 Å². The van der Waals surface area contributed by atoms with Gasteiger partial charge in [-0.25, -0.2) is 9.18 Å². The molecule has 1 fully saturated rings. The van der Waals surface area contributed by atoms with Gasteiger partial charge in [-0.15, -0.1) is 0 Å². The van der Waals surface area contributed by atoms with Gasteiger partial charge in [-0.3, -0.25) is 4.98 Å². The third-order valence-electron chi connectivity index (χ3n) is 4.95. The Hall–Kier alpha value is -3.90. The normalized spacial score (nSPS) is 13.6. The number of benzene rings is 1. The zero-order valence-electron chi connectivity index (χ0n) is 16.6. The molecule has 158 valence electrons. The summed E-state index contributed by atoms with van der Waals surface area (Å²) in [6, 6.07) is 11.6. The quantitative estimate of drug-likeness (QED) is 0.561. The minimum atomic E-state index is -1.15. The number of carboxylic acid groups (broad SMARTS) is 1. The second kappa shape index (κ2) is 8.85. The van der Waals surface area contributed by atoms with Gasteiger partial charge < -0.3 is 25.0 Å². The van der Waals surface area contributed by atoms with Gasteiger partial charge in [-0.05, 0) is 30.3 Å². The summed E-state index contributed by atoms with van der Waals surface area (Å²) in [5.74, 6) is -0.811. The van der Waals surface area contributed by atoms with E-state index in [4.69, 9.17) is 9.84 Å². The van der Waals surface area contributed by atoms with Crippen molar-refractivity contribution in [1.82, 2.24) is 15.3 Å². The van der Waals surface area contributed by atoms with E-state index in [9.17, 15) is 14.4 Å². The van der Waals surface area contributed by atoms with Gasteiger partial charge in [0.2, 0.25) is 0 Å². The van der Waals surface area contributed by atoms with Crippen LogP contribution in [0.1, 0.15) is 5.56 Å². The molecule has 0 atom stereocenters. The van der Waals surface area contributed by atoms with Crippen molar-refractivity contribution in [1.29, 1.82) is 5.26 Å². The van der Waals surface area contributed by atoms with Crippen molar-refractivity contribution in [3.8, 4) is 34.3 Å². The maximum Gasteiger partial charge on any atom is 0.341 e. The minimum Gasteiger partial charge on any atom is -0.482 e. The lowest BCUT2D eigenvalue weighted by molar-refractivity contribution is -0.139. The fraction of sp³-hybridized carbons (Fsp3) is 0.227. The highest BCUT2D eigenvalue weighted by atomic mass is 19.1. The Morgan fingerprint density at radius 1 is 1.23 bits per heavy atom. The number of carboxylic acids is 1. The molecule has 0 amide bonds. The smallest absolute Gasteiger partial charge is 0.341 e. The van der Waals surface area contributed by atoms with Gasteiger partial charge in [0.15, 0.2) is 6.61 Å². The third kappa shape index (κ3) is 4.65. The van der Waals surface area contributed by atoms with E-state index in [2.05, 4.69) is 26.3 Å². The van der Waals surface area contributed by atoms with Crippen LogP contribution in [0.3, 0.4) is 0 Å². The topological polar surface area (TPSA) is 114 Å². The van der Waals surface area contributed by atoms with Crippen molar-refractivity contribution < 1.29 is 19.0 Å². The van der Waals surface area contributed by atoms with E-state index in [-0.39, 0.29) is 5.75 Å². The van der Waals surface area contributed by atoms with Crippen LogP contribution in [0, 0.1) is 17.1 Å². The molecule has 8 nitrogen and oxygen atoms in total. The Labute approximate surface area is 177 Å². The molecule has 0 bridgehead atoms. The Morgan fingerprint density at radius 2 is 2.03 bits per heavy atom. The van der Waals surface area contributed by atoms with Gasteiger partial charge in [0.1, 0.15) is 23.5 Å². The number of nitrogens with one attached hydrogen (secondary N) is 2. The van der Waals surface area contributed by atoms with Crippen LogP contribution in [0.2, 0.25) is 0 Å². The summed E-state index contributed by atoms with van der Waals surface area (Å²) in [5.41, 5.74) is 3.06. The summed E-state index contributed by atoms with van der Waals surface area (Å²) < 4.78 is 19.2. The van der Waals surface area contributed by atoms with E-state index in [0.717, 1.165) is 49.3 Å². The first-order valence-electron chi connectivity index (χ1n) is 9.74. The number of H-pyrrole nitrogens is 1. The van der Waals surface area contributed by atoms with E-state index in [1.807, 2.05) is 0 Å². The number of aromatic nitrogens is 2. The lowest BCUT2D eigenvalue weighted by Gasteiger charge is -2.28. The number of ether oxygens (including phenoxy) is 1. The molecule has 0 saturated carbocycles. The van der Waals surface area contributed by atoms with Gasteiger partial charge in [-0.1, -0.05) is 0 Å². The highest BCUT2D eigenvalue weighted by Crippen LogP contribution is 2.31. The lowest BCUT2D eigenvalue weighted by atomic mass is 10.1. The minimum absolute atomic E-state index is 0.109. The number of aromatic amines is 1. The van der Waals surface area contributed by atoms with Crippen molar-refractivity contribution in [2.75, 3.05) is 37.7 Å². The number of anilines is 1. The largest absolute Gasteiger partial charge is 0.482 e. The second-order valence-corrected chi connectivity index (χ2v) is 7.08. The van der Waals surface area contributed by atoms with Gasteiger partial charge in [-0.2, -0.15) is 5.26 Å². The SMILES string of the molecule is N#Cc1cc(-c2ccnc(-c3cc(F)cc(OCC(=O)O)c3)c2)[nH]c1N1CCNCC1. The molecule has 31 heavy (non-hydrogen) atoms. The first-order chi connectivity index (χ1) is 15.0. The number of hydrogen-bond donors (Lipinski definition) is 3. The van der Waals surface area contributed by atoms with Crippen LogP contribution in [0.25, 0.3) is 22.5 Å². The molecule has 0 unspecified atom stereocenters. The number of nitriles is 1. The van der Waals surface area contributed by atoms with E-state index in [0.29, 0.717) is 16.8 Å². The van der Waals surface area contributed by atoms with E-state index in [1.165, 1.54) is 6.07 Å². The summed E-state index contributed by atoms with van der Waals surface area (Å²) in [6.07, 6.45) is 1.60. The molecular weight excluding hydrogens is 401 g/mol. The summed E-state index contributed by atoms with van der Waals surface area (Å²) in [7, 11) is 0. The molecule has 1 saturated heterocycles. The molecule has 3 heterocycles. The number of aliphatic carboxylic acids is 1. The maximum absolute atomic E-state index is 14.1. The molecule has 0 radical (unpaired) electrons. The average molecular weight is 421 g/mol. The Bertz CT molecular complexity index is 1150. The van der Waals surface area contributed by atoms with Crippen molar-refractivity contribution in [3.63, 3.8) is 0 Å². The van der Waals surface area contributed by atoms with Crippen LogP contribution in [-0.2, 0) is 4.79 Å². The van der Waals surface area contributed by atoms with Crippen LogP contribution in [0.5, 0.6) is 5.75 Å². The second-order valence-electron chi connectivity index (χ2n) is 7.08. The van der Waals surface area contributed by atoms with Gasteiger partial charge in [0.25, 0.3) is 0 Å². The fourth-order valence-corrected chi connectivity index (χ4v) is 3.52. The maximum atomic E-state index is 14.1. The van der Waals surface area contributed by atoms with Gasteiger partial charge >= 0.3 is 5.97 Å². The molecular formula is C22H20FN5O3. The first-order valence-corrected chi connectivity index (χ1v) is 9.74. The zero-order chi connectivity index (χ0) is 21.8. The molecule has 1 aliphatic heterocycles. The molecule has 2 aromatic heterocycles. The van der Waals surface area contributed by atoms with Crippen LogP contribution in [0.4, 0.5) is 10.2 Å². The number of nitrogens with zero attached hydrogens (tertiary/aromatic N) is 3. The summed E-state index contributed by atoms with van der Waals surface area (Å²) in [6.45, 7) is 2.75. The Balaban J connectivity index is 1.66. The van der Waals surface area contributed by atoms with Crippen molar-refractivity contribution in [3.05, 3.63) is 54.0 Å². The molecule has 0 spiro atoms. The molecule has 1 aromatic carbocycles. The number of rotatable bonds is 6. The zero-order valence-corrected chi connectivity index (χ0v) is 16.6. The van der Waals surface area contributed by atoms with Gasteiger partial charge in [0, 0.05) is 55.3 Å². The number of pyridine rings is 1. The fourth-order valence-electron chi connectivity index (χ4n) is 3.52. The number of carbonyl (C=O) groups is 1. The molecule has 3 aromatic rings. The predicted octanol–water partition coefficient (Wildman–Crippen LogP) is 2.63. The molecule has 4 rings (SSSR count). The molecule has 9 heteroatoms. The van der Waals surface area contributed by atoms with Crippen LogP contribution < -0.4 is 15.0 Å². The number of halogens is 1. The van der Waals surface area contributed by atoms with E-state index >= 15 is 0 Å². The average Bonchev–Trinajstić information content (AvgIpc) is 3.23. The van der Waals surface area contributed by atoms with Crippen LogP contribution >= 0.6 is 0 Å². The summed E-state index contributed by atoms with van der Waals surface area (Å²) in [5, 5.41) is 21.6. The standard InChI is InChI=1S/C22H20FN5O3/c23-17-7-15(8-18(11-17)31-13-21(29)30)19-9-14(1-2-26-19)20-10-16(12-24)22(27-20)28-5-3-25-4-6-28/h1-2,7-11,25,27H,3-6,13H2,(H,29,30). The van der Waals surface area contributed by atoms with Crippen LogP contribution in [-0.4, -0.2) is 53.8 Å². The molecule has 0 aliphatic carbocycles. The third-order valence-corrected chi connectivity index (χ3v) is 4.95. The first kappa shape index (κ1) is 20.4. The summed E-state index contributed by atoms with van der Waals surface area (Å²) in [4.78, 5) is 20.5. The van der Waals surface area contributed by atoms with Crippen molar-refractivity contribution >= 4 is 11.8 Å². The predicted molar refractivity (Wildman–Crippen MR) is 112 cm³/mol. The number of piperazine rings is 1. The molecule has 1 aliphatic rings. The molecule has 3 N–H and O–H groups in total. The van der Waals surface area contributed by atoms with Crippen molar-refractivity contribution in [2.45, 2.75) is 0 Å². The monoisotopic (exact) mass is 421 g/mol. The highest BCUT2D eigenvalue weighted by Gasteiger charge is 2.18. The van der Waals surface area contributed by atoms with Crippen molar-refractivity contribution in [2.24, 2.45) is 0 Å². The lowest BCUT2D eigenvalue weighted by Crippen LogP contribution is -2.44. The number of hydrogen-bond acceptors (Lipinski definition) is 6. The summed E-state index contributed by atoms with van der Waals surface area (Å²) >= 11 is 0. The van der Waals surface area contributed by atoms with Gasteiger partial charge in [0.05, 0.1) is 11.3 Å². The Kier molecular flexibility index (Phi) is 5.82. The van der Waals surface area contributed by atoms with E-state index < -0.39 is 18.4 Å².